The number of aryl methyl sites for hydroxylation is 2. The Morgan fingerprint density at radius 1 is 1.14 bits per heavy atom. The SMILES string of the molecule is Cc1cccc2nc(-c3c(O)c(Cl)cc(Cl)c3Cl)n(C)c12. The van der Waals surface area contributed by atoms with E-state index in [0.29, 0.717) is 11.4 Å². The molecule has 1 aromatic heterocycles. The number of imidazole rings is 1. The molecule has 0 amide bonds. The number of benzene rings is 2. The number of aromatic nitrogens is 2. The van der Waals surface area contributed by atoms with Gasteiger partial charge in [-0.05, 0) is 24.6 Å². The van der Waals surface area contributed by atoms with E-state index in [9.17, 15) is 5.11 Å². The number of fused-ring (bicyclic) bond motifs is 1. The summed E-state index contributed by atoms with van der Waals surface area (Å²) in [6.07, 6.45) is 0. The minimum absolute atomic E-state index is 0.123. The number of phenolic OH excluding ortho intramolecular Hbond substituents is 1. The summed E-state index contributed by atoms with van der Waals surface area (Å²) >= 11 is 18.3. The summed E-state index contributed by atoms with van der Waals surface area (Å²) in [5, 5.41) is 10.9. The second-order valence-corrected chi connectivity index (χ2v) is 6.01. The third kappa shape index (κ3) is 2.16. The predicted octanol–water partition coefficient (Wildman–Crippen LogP) is 5.21. The average molecular weight is 342 g/mol. The van der Waals surface area contributed by atoms with Crippen LogP contribution in [0.5, 0.6) is 5.75 Å². The summed E-state index contributed by atoms with van der Waals surface area (Å²) in [5.74, 6) is 0.397. The maximum Gasteiger partial charge on any atom is 0.146 e. The fraction of sp³-hybridized carbons (Fsp3) is 0.133. The van der Waals surface area contributed by atoms with Crippen molar-refractivity contribution >= 4 is 45.8 Å². The quantitative estimate of drug-likeness (QED) is 0.617. The molecule has 0 bridgehead atoms. The van der Waals surface area contributed by atoms with E-state index in [-0.39, 0.29) is 20.8 Å². The Morgan fingerprint density at radius 2 is 1.86 bits per heavy atom. The molecule has 21 heavy (non-hydrogen) atoms. The Labute approximate surface area is 136 Å². The first-order valence-corrected chi connectivity index (χ1v) is 7.34. The second-order valence-electron chi connectivity index (χ2n) is 4.81. The zero-order valence-corrected chi connectivity index (χ0v) is 13.6. The molecule has 0 aliphatic heterocycles. The molecule has 3 aromatic rings. The highest BCUT2D eigenvalue weighted by Crippen LogP contribution is 2.44. The summed E-state index contributed by atoms with van der Waals surface area (Å²) in [4.78, 5) is 4.55. The van der Waals surface area contributed by atoms with E-state index in [1.807, 2.05) is 36.7 Å². The molecule has 0 atom stereocenters. The molecular formula is C15H11Cl3N2O. The smallest absolute Gasteiger partial charge is 0.146 e. The lowest BCUT2D eigenvalue weighted by Crippen LogP contribution is -1.95. The molecule has 6 heteroatoms. The van der Waals surface area contributed by atoms with Gasteiger partial charge in [-0.1, -0.05) is 46.9 Å². The van der Waals surface area contributed by atoms with Gasteiger partial charge in [-0.3, -0.25) is 0 Å². The highest BCUT2D eigenvalue weighted by molar-refractivity contribution is 6.45. The highest BCUT2D eigenvalue weighted by Gasteiger charge is 2.21. The maximum absolute atomic E-state index is 10.2. The predicted molar refractivity (Wildman–Crippen MR) is 87.6 cm³/mol. The number of para-hydroxylation sites is 1. The van der Waals surface area contributed by atoms with Crippen molar-refractivity contribution in [2.45, 2.75) is 6.92 Å². The van der Waals surface area contributed by atoms with Gasteiger partial charge in [0, 0.05) is 7.05 Å². The Bertz CT molecular complexity index is 845. The highest BCUT2D eigenvalue weighted by atomic mass is 35.5. The van der Waals surface area contributed by atoms with Gasteiger partial charge in [-0.25, -0.2) is 4.98 Å². The zero-order chi connectivity index (χ0) is 15.3. The van der Waals surface area contributed by atoms with Crippen LogP contribution >= 0.6 is 34.8 Å². The number of hydrogen-bond donors (Lipinski definition) is 1. The van der Waals surface area contributed by atoms with Crippen LogP contribution in [0.25, 0.3) is 22.4 Å². The molecular weight excluding hydrogens is 331 g/mol. The Morgan fingerprint density at radius 3 is 2.52 bits per heavy atom. The zero-order valence-electron chi connectivity index (χ0n) is 11.3. The molecule has 3 nitrogen and oxygen atoms in total. The van der Waals surface area contributed by atoms with Crippen molar-refractivity contribution in [3.05, 3.63) is 44.9 Å². The van der Waals surface area contributed by atoms with Gasteiger partial charge in [0.15, 0.2) is 0 Å². The van der Waals surface area contributed by atoms with Crippen LogP contribution < -0.4 is 0 Å². The number of rotatable bonds is 1. The monoisotopic (exact) mass is 340 g/mol. The largest absolute Gasteiger partial charge is 0.506 e. The standard InChI is InChI=1S/C15H11Cl3N2O/c1-7-4-3-5-10-13(7)20(2)15(19-10)11-12(18)8(16)6-9(17)14(11)21/h3-6,21H,1-2H3. The normalized spacial score (nSPS) is 11.3. The second kappa shape index (κ2) is 5.09. The third-order valence-electron chi connectivity index (χ3n) is 3.47. The third-order valence-corrected chi connectivity index (χ3v) is 4.54. The van der Waals surface area contributed by atoms with Crippen LogP contribution in [0.1, 0.15) is 5.56 Å². The minimum atomic E-state index is -0.123. The number of halogens is 3. The molecule has 0 radical (unpaired) electrons. The summed E-state index contributed by atoms with van der Waals surface area (Å²) in [6, 6.07) is 7.25. The molecule has 108 valence electrons. The molecule has 0 unspecified atom stereocenters. The van der Waals surface area contributed by atoms with Crippen LogP contribution in [0, 0.1) is 6.92 Å². The molecule has 2 aromatic carbocycles. The topological polar surface area (TPSA) is 38.1 Å². The Kier molecular flexibility index (Phi) is 3.52. The molecule has 1 N–H and O–H groups in total. The summed E-state index contributed by atoms with van der Waals surface area (Å²) in [5.41, 5.74) is 3.21. The number of aromatic hydroxyl groups is 1. The van der Waals surface area contributed by atoms with Crippen molar-refractivity contribution < 1.29 is 5.11 Å². The molecule has 0 aliphatic rings. The van der Waals surface area contributed by atoms with Gasteiger partial charge in [-0.2, -0.15) is 0 Å². The number of phenols is 1. The molecule has 0 saturated carbocycles. The van der Waals surface area contributed by atoms with E-state index >= 15 is 0 Å². The molecule has 0 aliphatic carbocycles. The van der Waals surface area contributed by atoms with Gasteiger partial charge in [0.25, 0.3) is 0 Å². The first-order chi connectivity index (χ1) is 9.91. The lowest BCUT2D eigenvalue weighted by Gasteiger charge is -2.10. The van der Waals surface area contributed by atoms with E-state index in [0.717, 1.165) is 16.6 Å². The maximum atomic E-state index is 10.2. The lowest BCUT2D eigenvalue weighted by molar-refractivity contribution is 0.477. The van der Waals surface area contributed by atoms with Crippen LogP contribution in [-0.4, -0.2) is 14.7 Å². The minimum Gasteiger partial charge on any atom is -0.506 e. The summed E-state index contributed by atoms with van der Waals surface area (Å²) in [7, 11) is 1.86. The van der Waals surface area contributed by atoms with Crippen LogP contribution in [-0.2, 0) is 7.05 Å². The molecule has 1 heterocycles. The molecule has 3 rings (SSSR count). The first kappa shape index (κ1) is 14.5. The molecule has 0 spiro atoms. The number of nitrogens with zero attached hydrogens (tertiary/aromatic N) is 2. The van der Waals surface area contributed by atoms with Gasteiger partial charge < -0.3 is 9.67 Å². The van der Waals surface area contributed by atoms with Crippen molar-refractivity contribution in [2.75, 3.05) is 0 Å². The van der Waals surface area contributed by atoms with E-state index < -0.39 is 0 Å². The van der Waals surface area contributed by atoms with Crippen LogP contribution in [0.4, 0.5) is 0 Å². The van der Waals surface area contributed by atoms with E-state index in [1.54, 1.807) is 0 Å². The van der Waals surface area contributed by atoms with Gasteiger partial charge in [-0.15, -0.1) is 0 Å². The van der Waals surface area contributed by atoms with Crippen molar-refractivity contribution in [3.8, 4) is 17.1 Å². The first-order valence-electron chi connectivity index (χ1n) is 6.20. The average Bonchev–Trinajstić information content (AvgIpc) is 2.76. The van der Waals surface area contributed by atoms with Gasteiger partial charge in [0.1, 0.15) is 11.6 Å². The van der Waals surface area contributed by atoms with Gasteiger partial charge >= 0.3 is 0 Å². The Balaban J connectivity index is 2.42. The van der Waals surface area contributed by atoms with E-state index in [1.165, 1.54) is 6.07 Å². The summed E-state index contributed by atoms with van der Waals surface area (Å²) < 4.78 is 1.87. The fourth-order valence-corrected chi connectivity index (χ4v) is 3.17. The van der Waals surface area contributed by atoms with Crippen LogP contribution in [0.3, 0.4) is 0 Å². The van der Waals surface area contributed by atoms with Crippen LogP contribution in [0.15, 0.2) is 24.3 Å². The van der Waals surface area contributed by atoms with E-state index in [4.69, 9.17) is 34.8 Å². The van der Waals surface area contributed by atoms with Gasteiger partial charge in [0.2, 0.25) is 0 Å². The summed E-state index contributed by atoms with van der Waals surface area (Å²) in [6.45, 7) is 2.00. The van der Waals surface area contributed by atoms with Crippen molar-refractivity contribution in [3.63, 3.8) is 0 Å². The van der Waals surface area contributed by atoms with Gasteiger partial charge in [0.05, 0.1) is 31.7 Å². The molecule has 0 saturated heterocycles. The number of hydrogen-bond acceptors (Lipinski definition) is 2. The lowest BCUT2D eigenvalue weighted by atomic mass is 10.2. The fourth-order valence-electron chi connectivity index (χ4n) is 2.48. The molecule has 0 fully saturated rings. The van der Waals surface area contributed by atoms with Crippen LogP contribution in [0.2, 0.25) is 15.1 Å². The van der Waals surface area contributed by atoms with Crippen molar-refractivity contribution in [2.24, 2.45) is 7.05 Å². The van der Waals surface area contributed by atoms with Crippen molar-refractivity contribution in [1.82, 2.24) is 9.55 Å². The van der Waals surface area contributed by atoms with E-state index in [2.05, 4.69) is 4.98 Å². The van der Waals surface area contributed by atoms with Crippen molar-refractivity contribution in [1.29, 1.82) is 0 Å². The Hall–Kier alpha value is -1.42.